The van der Waals surface area contributed by atoms with Gasteiger partial charge in [-0.25, -0.2) is 0 Å². The van der Waals surface area contributed by atoms with E-state index in [0.29, 0.717) is 17.0 Å². The van der Waals surface area contributed by atoms with Crippen molar-refractivity contribution in [2.24, 2.45) is 0 Å². The van der Waals surface area contributed by atoms with Crippen molar-refractivity contribution in [3.05, 3.63) is 45.8 Å². The zero-order valence-corrected chi connectivity index (χ0v) is 13.4. The molecule has 1 aliphatic carbocycles. The fourth-order valence-electron chi connectivity index (χ4n) is 3.29. The van der Waals surface area contributed by atoms with Gasteiger partial charge in [-0.2, -0.15) is 5.26 Å². The van der Waals surface area contributed by atoms with Gasteiger partial charge in [-0.15, -0.1) is 11.3 Å². The lowest BCUT2D eigenvalue weighted by atomic mass is 9.96. The van der Waals surface area contributed by atoms with Crippen molar-refractivity contribution >= 4 is 22.2 Å². The standard InChI is InChI=1S/C18H16N2O2S/c19-10-13-12-6-2-4-8-16(12)23-18(13)20-17(21)15-9-11-5-1-3-7-14(11)22-15/h1,3,5,7,15H,2,4,6,8-9H2,(H,20,21). The van der Waals surface area contributed by atoms with Gasteiger partial charge in [0.2, 0.25) is 0 Å². The van der Waals surface area contributed by atoms with E-state index in [4.69, 9.17) is 4.74 Å². The lowest BCUT2D eigenvalue weighted by molar-refractivity contribution is -0.122. The van der Waals surface area contributed by atoms with Crippen LogP contribution < -0.4 is 10.1 Å². The molecule has 4 rings (SSSR count). The molecule has 1 unspecified atom stereocenters. The van der Waals surface area contributed by atoms with Gasteiger partial charge in [-0.3, -0.25) is 4.79 Å². The predicted molar refractivity (Wildman–Crippen MR) is 88.9 cm³/mol. The van der Waals surface area contributed by atoms with Crippen LogP contribution in [0, 0.1) is 11.3 Å². The van der Waals surface area contributed by atoms with Gasteiger partial charge >= 0.3 is 0 Å². The maximum absolute atomic E-state index is 12.5. The average Bonchev–Trinajstić information content (AvgIpc) is 3.15. The number of hydrogen-bond donors (Lipinski definition) is 1. The quantitative estimate of drug-likeness (QED) is 0.920. The molecule has 1 aromatic heterocycles. The second-order valence-corrected chi connectivity index (χ2v) is 7.04. The van der Waals surface area contributed by atoms with Crippen LogP contribution in [-0.2, 0) is 24.1 Å². The summed E-state index contributed by atoms with van der Waals surface area (Å²) in [6.45, 7) is 0. The van der Waals surface area contributed by atoms with Crippen LogP contribution in [-0.4, -0.2) is 12.0 Å². The molecule has 4 nitrogen and oxygen atoms in total. The molecule has 2 aromatic rings. The second kappa shape index (κ2) is 5.71. The molecule has 5 heteroatoms. The summed E-state index contributed by atoms with van der Waals surface area (Å²) in [6, 6.07) is 9.98. The van der Waals surface area contributed by atoms with Crippen LogP contribution in [0.5, 0.6) is 5.75 Å². The Morgan fingerprint density at radius 3 is 2.96 bits per heavy atom. The van der Waals surface area contributed by atoms with Crippen LogP contribution in [0.3, 0.4) is 0 Å². The van der Waals surface area contributed by atoms with E-state index in [2.05, 4.69) is 11.4 Å². The Hall–Kier alpha value is -2.32. The highest BCUT2D eigenvalue weighted by Gasteiger charge is 2.30. The van der Waals surface area contributed by atoms with Crippen molar-refractivity contribution in [1.29, 1.82) is 5.26 Å². The van der Waals surface area contributed by atoms with Crippen molar-refractivity contribution in [2.75, 3.05) is 5.32 Å². The summed E-state index contributed by atoms with van der Waals surface area (Å²) in [6.07, 6.45) is 4.29. The molecule has 2 heterocycles. The third-order valence-electron chi connectivity index (χ3n) is 4.46. The normalized spacial score (nSPS) is 18.5. The number of ether oxygens (including phenoxy) is 1. The molecule has 1 N–H and O–H groups in total. The summed E-state index contributed by atoms with van der Waals surface area (Å²) in [7, 11) is 0. The van der Waals surface area contributed by atoms with Crippen LogP contribution in [0.15, 0.2) is 24.3 Å². The molecule has 1 amide bonds. The number of nitriles is 1. The van der Waals surface area contributed by atoms with Crippen molar-refractivity contribution in [2.45, 2.75) is 38.2 Å². The zero-order chi connectivity index (χ0) is 15.8. The summed E-state index contributed by atoms with van der Waals surface area (Å²) in [5.41, 5.74) is 2.84. The minimum atomic E-state index is -0.516. The Morgan fingerprint density at radius 1 is 1.30 bits per heavy atom. The highest BCUT2D eigenvalue weighted by atomic mass is 32.1. The maximum atomic E-state index is 12.5. The van der Waals surface area contributed by atoms with Gasteiger partial charge in [0.05, 0.1) is 5.56 Å². The Kier molecular flexibility index (Phi) is 3.55. The molecule has 0 radical (unpaired) electrons. The number of rotatable bonds is 2. The van der Waals surface area contributed by atoms with Gasteiger partial charge in [0.15, 0.2) is 6.10 Å². The van der Waals surface area contributed by atoms with Gasteiger partial charge in [-0.1, -0.05) is 18.2 Å². The summed E-state index contributed by atoms with van der Waals surface area (Å²) in [4.78, 5) is 13.8. The van der Waals surface area contributed by atoms with E-state index < -0.39 is 6.10 Å². The molecule has 23 heavy (non-hydrogen) atoms. The summed E-state index contributed by atoms with van der Waals surface area (Å²) >= 11 is 1.55. The Morgan fingerprint density at radius 2 is 2.13 bits per heavy atom. The van der Waals surface area contributed by atoms with E-state index in [0.717, 1.165) is 42.6 Å². The summed E-state index contributed by atoms with van der Waals surface area (Å²) in [5, 5.41) is 13.1. The number of carbonyl (C=O) groups is 1. The third-order valence-corrected chi connectivity index (χ3v) is 5.67. The van der Waals surface area contributed by atoms with E-state index >= 15 is 0 Å². The number of anilines is 1. The summed E-state index contributed by atoms with van der Waals surface area (Å²) < 4.78 is 5.73. The third kappa shape index (κ3) is 2.49. The number of nitrogens with zero attached hydrogens (tertiary/aromatic N) is 1. The molecule has 1 aromatic carbocycles. The van der Waals surface area contributed by atoms with Gasteiger partial charge in [0.25, 0.3) is 5.91 Å². The molecule has 1 aliphatic heterocycles. The molecule has 0 fully saturated rings. The number of nitrogens with one attached hydrogen (secondary N) is 1. The Bertz CT molecular complexity index is 794. The number of fused-ring (bicyclic) bond motifs is 2. The van der Waals surface area contributed by atoms with Crippen LogP contribution in [0.4, 0.5) is 5.00 Å². The lowest BCUT2D eigenvalue weighted by Crippen LogP contribution is -2.31. The molecule has 116 valence electrons. The largest absolute Gasteiger partial charge is 0.480 e. The fourth-order valence-corrected chi connectivity index (χ4v) is 4.54. The zero-order valence-electron chi connectivity index (χ0n) is 12.6. The minimum absolute atomic E-state index is 0.170. The SMILES string of the molecule is N#Cc1c(NC(=O)C2Cc3ccccc3O2)sc2c1CCCC2. The highest BCUT2D eigenvalue weighted by Crippen LogP contribution is 2.38. The smallest absolute Gasteiger partial charge is 0.266 e. The van der Waals surface area contributed by atoms with E-state index in [9.17, 15) is 10.1 Å². The molecule has 2 aliphatic rings. The average molecular weight is 324 g/mol. The monoisotopic (exact) mass is 324 g/mol. The predicted octanol–water partition coefficient (Wildman–Crippen LogP) is 3.44. The second-order valence-electron chi connectivity index (χ2n) is 5.93. The first-order chi connectivity index (χ1) is 11.3. The molecular weight excluding hydrogens is 308 g/mol. The number of aryl methyl sites for hydroxylation is 1. The fraction of sp³-hybridized carbons (Fsp3) is 0.333. The molecule has 1 atom stereocenters. The minimum Gasteiger partial charge on any atom is -0.480 e. The van der Waals surface area contributed by atoms with Gasteiger partial charge in [0.1, 0.15) is 16.8 Å². The van der Waals surface area contributed by atoms with Gasteiger partial charge in [0, 0.05) is 11.3 Å². The number of hydrogen-bond acceptors (Lipinski definition) is 4. The Balaban J connectivity index is 1.54. The number of para-hydroxylation sites is 1. The lowest BCUT2D eigenvalue weighted by Gasteiger charge is -2.10. The molecule has 0 saturated carbocycles. The number of thiophene rings is 1. The van der Waals surface area contributed by atoms with Gasteiger partial charge < -0.3 is 10.1 Å². The maximum Gasteiger partial charge on any atom is 0.266 e. The van der Waals surface area contributed by atoms with Gasteiger partial charge in [-0.05, 0) is 42.9 Å². The molecule has 0 bridgehead atoms. The number of benzene rings is 1. The van der Waals surface area contributed by atoms with Crippen LogP contribution in [0.1, 0.15) is 34.4 Å². The van der Waals surface area contributed by atoms with Crippen molar-refractivity contribution < 1.29 is 9.53 Å². The molecule has 0 spiro atoms. The van der Waals surface area contributed by atoms with Crippen molar-refractivity contribution in [3.8, 4) is 11.8 Å². The first-order valence-corrected chi connectivity index (χ1v) is 8.68. The summed E-state index contributed by atoms with van der Waals surface area (Å²) in [5.74, 6) is 0.606. The first-order valence-electron chi connectivity index (χ1n) is 7.86. The highest BCUT2D eigenvalue weighted by molar-refractivity contribution is 7.16. The van der Waals surface area contributed by atoms with E-state index in [1.165, 1.54) is 4.88 Å². The molecule has 0 saturated heterocycles. The topological polar surface area (TPSA) is 62.1 Å². The first kappa shape index (κ1) is 14.3. The van der Waals surface area contributed by atoms with Crippen LogP contribution in [0.25, 0.3) is 0 Å². The van der Waals surface area contributed by atoms with E-state index in [-0.39, 0.29) is 5.91 Å². The van der Waals surface area contributed by atoms with Crippen LogP contribution in [0.2, 0.25) is 0 Å². The van der Waals surface area contributed by atoms with E-state index in [1.54, 1.807) is 11.3 Å². The Labute approximate surface area is 138 Å². The number of carbonyl (C=O) groups excluding carboxylic acids is 1. The van der Waals surface area contributed by atoms with Crippen LogP contribution >= 0.6 is 11.3 Å². The van der Waals surface area contributed by atoms with Crippen molar-refractivity contribution in [1.82, 2.24) is 0 Å². The van der Waals surface area contributed by atoms with E-state index in [1.807, 2.05) is 24.3 Å². The molecular formula is C18H16N2O2S. The number of amides is 1. The van der Waals surface area contributed by atoms with Crippen molar-refractivity contribution in [3.63, 3.8) is 0 Å².